The molecule has 0 aliphatic carbocycles. The molecule has 2 atom stereocenters. The number of hydrogen-bond donors (Lipinski definition) is 1. The van der Waals surface area contributed by atoms with Crippen LogP contribution in [0.3, 0.4) is 0 Å². The Morgan fingerprint density at radius 1 is 1.55 bits per heavy atom. The van der Waals surface area contributed by atoms with E-state index in [9.17, 15) is 0 Å². The van der Waals surface area contributed by atoms with Crippen LogP contribution in [0, 0.1) is 17.2 Å². The van der Waals surface area contributed by atoms with Crippen molar-refractivity contribution < 1.29 is 5.11 Å². The van der Waals surface area contributed by atoms with E-state index < -0.39 is 0 Å². The highest BCUT2D eigenvalue weighted by Crippen LogP contribution is 2.00. The molecule has 0 rings (SSSR count). The Balaban J connectivity index is 3.69. The molecule has 11 heavy (non-hydrogen) atoms. The van der Waals surface area contributed by atoms with Crippen LogP contribution < -0.4 is 0 Å². The standard InChI is InChI=1S/C8H16N2O/c1-7(6-11)5-10(3)8(2)4-9/h7-8,11H,5-6H2,1-3H3. The number of rotatable bonds is 4. The van der Waals surface area contributed by atoms with E-state index in [1.54, 1.807) is 0 Å². The predicted molar refractivity (Wildman–Crippen MR) is 44.0 cm³/mol. The van der Waals surface area contributed by atoms with Crippen LogP contribution in [-0.2, 0) is 0 Å². The summed E-state index contributed by atoms with van der Waals surface area (Å²) in [5.41, 5.74) is 0. The lowest BCUT2D eigenvalue weighted by molar-refractivity contribution is 0.181. The molecular formula is C8H16N2O. The van der Waals surface area contributed by atoms with Gasteiger partial charge in [0.1, 0.15) is 0 Å². The summed E-state index contributed by atoms with van der Waals surface area (Å²) in [5.74, 6) is 0.246. The molecule has 0 bridgehead atoms. The van der Waals surface area contributed by atoms with Crippen molar-refractivity contribution in [2.24, 2.45) is 5.92 Å². The van der Waals surface area contributed by atoms with E-state index >= 15 is 0 Å². The molecule has 0 aliphatic heterocycles. The zero-order valence-electron chi connectivity index (χ0n) is 7.41. The van der Waals surface area contributed by atoms with E-state index in [-0.39, 0.29) is 18.6 Å². The number of aliphatic hydroxyl groups excluding tert-OH is 1. The van der Waals surface area contributed by atoms with Gasteiger partial charge in [-0.05, 0) is 19.9 Å². The monoisotopic (exact) mass is 156 g/mol. The van der Waals surface area contributed by atoms with Gasteiger partial charge in [-0.25, -0.2) is 0 Å². The molecular weight excluding hydrogens is 140 g/mol. The minimum absolute atomic E-state index is 0.0657. The lowest BCUT2D eigenvalue weighted by Gasteiger charge is -2.21. The SMILES string of the molecule is CC(CO)CN(C)C(C)C#N. The van der Waals surface area contributed by atoms with Crippen molar-refractivity contribution in [2.45, 2.75) is 19.9 Å². The van der Waals surface area contributed by atoms with Gasteiger partial charge in [0.2, 0.25) is 0 Å². The van der Waals surface area contributed by atoms with Crippen LogP contribution in [0.25, 0.3) is 0 Å². The Hall–Kier alpha value is -0.590. The summed E-state index contributed by atoms with van der Waals surface area (Å²) in [6.45, 7) is 4.76. The van der Waals surface area contributed by atoms with Gasteiger partial charge in [-0.15, -0.1) is 0 Å². The minimum Gasteiger partial charge on any atom is -0.396 e. The van der Waals surface area contributed by atoms with Gasteiger partial charge in [0, 0.05) is 13.2 Å². The molecule has 0 spiro atoms. The summed E-state index contributed by atoms with van der Waals surface area (Å²) in [5, 5.41) is 17.3. The summed E-state index contributed by atoms with van der Waals surface area (Å²) < 4.78 is 0. The third-order valence-electron chi connectivity index (χ3n) is 1.76. The topological polar surface area (TPSA) is 47.3 Å². The molecule has 0 saturated heterocycles. The van der Waals surface area contributed by atoms with E-state index in [2.05, 4.69) is 6.07 Å². The van der Waals surface area contributed by atoms with E-state index in [1.165, 1.54) is 0 Å². The van der Waals surface area contributed by atoms with Crippen LogP contribution in [0.5, 0.6) is 0 Å². The van der Waals surface area contributed by atoms with Crippen LogP contribution in [-0.4, -0.2) is 36.2 Å². The van der Waals surface area contributed by atoms with Crippen LogP contribution in [0.15, 0.2) is 0 Å². The molecule has 0 radical (unpaired) electrons. The molecule has 0 amide bonds. The zero-order valence-corrected chi connectivity index (χ0v) is 7.41. The molecule has 3 heteroatoms. The van der Waals surface area contributed by atoms with Crippen molar-refractivity contribution in [2.75, 3.05) is 20.2 Å². The van der Waals surface area contributed by atoms with Crippen LogP contribution in [0.2, 0.25) is 0 Å². The Bertz CT molecular complexity index is 142. The maximum Gasteiger partial charge on any atom is 0.0946 e. The summed E-state index contributed by atoms with van der Waals surface area (Å²) in [7, 11) is 1.89. The first-order valence-corrected chi connectivity index (χ1v) is 3.82. The van der Waals surface area contributed by atoms with Crippen molar-refractivity contribution in [3.05, 3.63) is 0 Å². The van der Waals surface area contributed by atoms with Gasteiger partial charge in [-0.2, -0.15) is 5.26 Å². The fraction of sp³-hybridized carbons (Fsp3) is 0.875. The van der Waals surface area contributed by atoms with Gasteiger partial charge in [0.15, 0.2) is 0 Å². The molecule has 3 nitrogen and oxygen atoms in total. The second kappa shape index (κ2) is 5.11. The first-order valence-electron chi connectivity index (χ1n) is 3.82. The van der Waals surface area contributed by atoms with Crippen LogP contribution >= 0.6 is 0 Å². The van der Waals surface area contributed by atoms with Gasteiger partial charge in [0.25, 0.3) is 0 Å². The lowest BCUT2D eigenvalue weighted by Crippen LogP contribution is -2.32. The average Bonchev–Trinajstić information content (AvgIpc) is 2.02. The highest BCUT2D eigenvalue weighted by Gasteiger charge is 2.10. The van der Waals surface area contributed by atoms with E-state index in [0.29, 0.717) is 0 Å². The van der Waals surface area contributed by atoms with E-state index in [1.807, 2.05) is 25.8 Å². The van der Waals surface area contributed by atoms with E-state index in [4.69, 9.17) is 10.4 Å². The largest absolute Gasteiger partial charge is 0.396 e. The second-order valence-electron chi connectivity index (χ2n) is 3.03. The molecule has 0 fully saturated rings. The summed E-state index contributed by atoms with van der Waals surface area (Å²) in [6, 6.07) is 2.07. The fourth-order valence-electron chi connectivity index (χ4n) is 0.806. The van der Waals surface area contributed by atoms with Gasteiger partial charge < -0.3 is 5.11 Å². The van der Waals surface area contributed by atoms with Crippen molar-refractivity contribution in [1.29, 1.82) is 5.26 Å². The lowest BCUT2D eigenvalue weighted by atomic mass is 10.2. The van der Waals surface area contributed by atoms with Crippen molar-refractivity contribution in [3.63, 3.8) is 0 Å². The van der Waals surface area contributed by atoms with E-state index in [0.717, 1.165) is 6.54 Å². The van der Waals surface area contributed by atoms with Crippen LogP contribution in [0.1, 0.15) is 13.8 Å². The Morgan fingerprint density at radius 2 is 2.09 bits per heavy atom. The van der Waals surface area contributed by atoms with Gasteiger partial charge >= 0.3 is 0 Å². The van der Waals surface area contributed by atoms with Crippen LogP contribution in [0.4, 0.5) is 0 Å². The number of nitriles is 1. The summed E-state index contributed by atoms with van der Waals surface area (Å²) >= 11 is 0. The maximum absolute atomic E-state index is 8.73. The van der Waals surface area contributed by atoms with Crippen molar-refractivity contribution >= 4 is 0 Å². The fourth-order valence-corrected chi connectivity index (χ4v) is 0.806. The Morgan fingerprint density at radius 3 is 2.45 bits per heavy atom. The number of hydrogen-bond acceptors (Lipinski definition) is 3. The maximum atomic E-state index is 8.73. The third-order valence-corrected chi connectivity index (χ3v) is 1.76. The van der Waals surface area contributed by atoms with Crippen molar-refractivity contribution in [3.8, 4) is 6.07 Å². The predicted octanol–water partition coefficient (Wildman–Crippen LogP) is 0.459. The Kier molecular flexibility index (Phi) is 4.84. The summed E-state index contributed by atoms with van der Waals surface area (Å²) in [6.07, 6.45) is 0. The Labute approximate surface area is 68.2 Å². The molecule has 0 aromatic rings. The molecule has 0 heterocycles. The smallest absolute Gasteiger partial charge is 0.0946 e. The molecule has 0 aromatic heterocycles. The van der Waals surface area contributed by atoms with Crippen molar-refractivity contribution in [1.82, 2.24) is 4.90 Å². The molecule has 1 N–H and O–H groups in total. The highest BCUT2D eigenvalue weighted by molar-refractivity contribution is 4.86. The van der Waals surface area contributed by atoms with Gasteiger partial charge in [0.05, 0.1) is 12.1 Å². The van der Waals surface area contributed by atoms with Gasteiger partial charge in [-0.1, -0.05) is 6.92 Å². The first kappa shape index (κ1) is 10.4. The molecule has 2 unspecified atom stereocenters. The average molecular weight is 156 g/mol. The minimum atomic E-state index is -0.0657. The second-order valence-corrected chi connectivity index (χ2v) is 3.03. The highest BCUT2D eigenvalue weighted by atomic mass is 16.3. The first-order chi connectivity index (χ1) is 5.11. The third kappa shape index (κ3) is 3.97. The molecule has 0 aromatic carbocycles. The number of nitrogens with zero attached hydrogens (tertiary/aromatic N) is 2. The summed E-state index contributed by atoms with van der Waals surface area (Å²) in [4.78, 5) is 1.93. The zero-order chi connectivity index (χ0) is 8.85. The van der Waals surface area contributed by atoms with Gasteiger partial charge in [-0.3, -0.25) is 4.90 Å². The quantitative estimate of drug-likeness (QED) is 0.643. The molecule has 0 aliphatic rings. The number of aliphatic hydroxyl groups is 1. The molecule has 0 saturated carbocycles. The normalized spacial score (nSPS) is 16.0. The molecule has 64 valence electrons.